The predicted octanol–water partition coefficient (Wildman–Crippen LogP) is 3.52. The lowest BCUT2D eigenvalue weighted by Gasteiger charge is -2.22. The van der Waals surface area contributed by atoms with Gasteiger partial charge in [0.05, 0.1) is 12.6 Å². The van der Waals surface area contributed by atoms with Gasteiger partial charge in [-0.25, -0.2) is 0 Å². The number of nitrogens with one attached hydrogen (secondary N) is 1. The normalized spacial score (nSPS) is 14.8. The van der Waals surface area contributed by atoms with Gasteiger partial charge in [-0.15, -0.1) is 0 Å². The molecule has 0 saturated carbocycles. The Morgan fingerprint density at radius 1 is 1.50 bits per heavy atom. The average molecular weight is 307 g/mol. The van der Waals surface area contributed by atoms with Gasteiger partial charge in [0.2, 0.25) is 0 Å². The van der Waals surface area contributed by atoms with Gasteiger partial charge in [0.15, 0.2) is 0 Å². The Morgan fingerprint density at radius 3 is 2.69 bits per heavy atom. The monoisotopic (exact) mass is 305 g/mol. The highest BCUT2D eigenvalue weighted by Crippen LogP contribution is 2.26. The highest BCUT2D eigenvalue weighted by Gasteiger charge is 2.15. The quantitative estimate of drug-likeness (QED) is 0.872. The van der Waals surface area contributed by atoms with Gasteiger partial charge in [-0.05, 0) is 31.0 Å². The molecule has 0 aliphatic rings. The lowest BCUT2D eigenvalue weighted by Crippen LogP contribution is -2.32. The van der Waals surface area contributed by atoms with Crippen molar-refractivity contribution in [2.45, 2.75) is 32.4 Å². The zero-order chi connectivity index (χ0) is 12.1. The van der Waals surface area contributed by atoms with Crippen LogP contribution in [-0.2, 0) is 0 Å². The van der Waals surface area contributed by atoms with Crippen LogP contribution < -0.4 is 5.32 Å². The van der Waals surface area contributed by atoms with Crippen LogP contribution >= 0.6 is 27.5 Å². The number of aliphatic hydroxyl groups is 1. The fourth-order valence-electron chi connectivity index (χ4n) is 1.49. The van der Waals surface area contributed by atoms with Crippen LogP contribution in [-0.4, -0.2) is 17.8 Å². The Kier molecular flexibility index (Phi) is 5.76. The molecule has 0 fully saturated rings. The van der Waals surface area contributed by atoms with Crippen molar-refractivity contribution < 1.29 is 5.11 Å². The van der Waals surface area contributed by atoms with Crippen molar-refractivity contribution in [1.29, 1.82) is 0 Å². The summed E-state index contributed by atoms with van der Waals surface area (Å²) < 4.78 is 0.946. The minimum absolute atomic E-state index is 0.0473. The molecule has 4 heteroatoms. The number of rotatable bonds is 5. The van der Waals surface area contributed by atoms with Crippen LogP contribution in [0, 0.1) is 0 Å². The Morgan fingerprint density at radius 2 is 2.19 bits per heavy atom. The van der Waals surface area contributed by atoms with E-state index in [1.54, 1.807) is 0 Å². The third kappa shape index (κ3) is 3.74. The summed E-state index contributed by atoms with van der Waals surface area (Å²) in [6, 6.07) is 5.97. The van der Waals surface area contributed by atoms with E-state index in [-0.39, 0.29) is 12.6 Å². The number of hydrogen-bond donors (Lipinski definition) is 2. The first-order chi connectivity index (χ1) is 7.58. The minimum atomic E-state index is -0.101. The van der Waals surface area contributed by atoms with E-state index < -0.39 is 0 Å². The van der Waals surface area contributed by atoms with Crippen molar-refractivity contribution in [1.82, 2.24) is 5.32 Å². The zero-order valence-electron chi connectivity index (χ0n) is 9.50. The molecule has 90 valence electrons. The maximum absolute atomic E-state index is 9.38. The number of hydrogen-bond acceptors (Lipinski definition) is 2. The van der Waals surface area contributed by atoms with E-state index in [2.05, 4.69) is 35.1 Å². The van der Waals surface area contributed by atoms with Crippen molar-refractivity contribution in [3.8, 4) is 0 Å². The Hall–Kier alpha value is -0.0900. The SMILES string of the molecule is CCC(C)NC(CO)c1ccc(Br)cc1Cl. The van der Waals surface area contributed by atoms with E-state index in [1.165, 1.54) is 0 Å². The van der Waals surface area contributed by atoms with Crippen LogP contribution in [0.5, 0.6) is 0 Å². The van der Waals surface area contributed by atoms with Crippen molar-refractivity contribution in [2.75, 3.05) is 6.61 Å². The standard InChI is InChI=1S/C12H17BrClNO/c1-3-8(2)15-12(7-16)10-5-4-9(13)6-11(10)14/h4-6,8,12,15-16H,3,7H2,1-2H3. The molecule has 2 N–H and O–H groups in total. The zero-order valence-corrected chi connectivity index (χ0v) is 11.8. The van der Waals surface area contributed by atoms with Gasteiger partial charge < -0.3 is 10.4 Å². The molecule has 0 bridgehead atoms. The molecule has 0 amide bonds. The van der Waals surface area contributed by atoms with Gasteiger partial charge >= 0.3 is 0 Å². The van der Waals surface area contributed by atoms with Gasteiger partial charge in [-0.3, -0.25) is 0 Å². The van der Waals surface area contributed by atoms with E-state index >= 15 is 0 Å². The Balaban J connectivity index is 2.86. The van der Waals surface area contributed by atoms with Gasteiger partial charge in [0.25, 0.3) is 0 Å². The molecule has 2 nitrogen and oxygen atoms in total. The summed E-state index contributed by atoms with van der Waals surface area (Å²) >= 11 is 9.51. The van der Waals surface area contributed by atoms with Crippen LogP contribution in [0.4, 0.5) is 0 Å². The van der Waals surface area contributed by atoms with E-state index in [4.69, 9.17) is 11.6 Å². The van der Waals surface area contributed by atoms with Crippen LogP contribution in [0.25, 0.3) is 0 Å². The van der Waals surface area contributed by atoms with Crippen LogP contribution in [0.15, 0.2) is 22.7 Å². The number of aliphatic hydroxyl groups excluding tert-OH is 1. The summed E-state index contributed by atoms with van der Waals surface area (Å²) in [6.45, 7) is 4.25. The van der Waals surface area contributed by atoms with Gasteiger partial charge in [-0.1, -0.05) is 40.5 Å². The minimum Gasteiger partial charge on any atom is -0.394 e. The fourth-order valence-corrected chi connectivity index (χ4v) is 2.29. The molecule has 0 aliphatic carbocycles. The molecule has 0 heterocycles. The van der Waals surface area contributed by atoms with Crippen LogP contribution in [0.1, 0.15) is 31.9 Å². The molecule has 0 aromatic heterocycles. The van der Waals surface area contributed by atoms with Crippen molar-refractivity contribution in [3.05, 3.63) is 33.3 Å². The molecule has 16 heavy (non-hydrogen) atoms. The molecule has 0 spiro atoms. The van der Waals surface area contributed by atoms with Gasteiger partial charge in [0.1, 0.15) is 0 Å². The fraction of sp³-hybridized carbons (Fsp3) is 0.500. The third-order valence-electron chi connectivity index (χ3n) is 2.62. The van der Waals surface area contributed by atoms with Gasteiger partial charge in [-0.2, -0.15) is 0 Å². The molecule has 0 aliphatic heterocycles. The Bertz CT molecular complexity index is 346. The van der Waals surface area contributed by atoms with Crippen molar-refractivity contribution >= 4 is 27.5 Å². The molecule has 2 unspecified atom stereocenters. The summed E-state index contributed by atoms with van der Waals surface area (Å²) in [5.41, 5.74) is 0.938. The summed E-state index contributed by atoms with van der Waals surface area (Å²) in [7, 11) is 0. The highest BCUT2D eigenvalue weighted by atomic mass is 79.9. The van der Waals surface area contributed by atoms with Crippen LogP contribution in [0.3, 0.4) is 0 Å². The lowest BCUT2D eigenvalue weighted by molar-refractivity contribution is 0.234. The predicted molar refractivity (Wildman–Crippen MR) is 71.9 cm³/mol. The largest absolute Gasteiger partial charge is 0.394 e. The molecule has 1 aromatic carbocycles. The molecule has 0 saturated heterocycles. The maximum Gasteiger partial charge on any atom is 0.0627 e. The summed E-state index contributed by atoms with van der Waals surface area (Å²) in [5, 5.41) is 13.4. The van der Waals surface area contributed by atoms with Crippen molar-refractivity contribution in [2.24, 2.45) is 0 Å². The summed E-state index contributed by atoms with van der Waals surface area (Å²) in [5.74, 6) is 0. The topological polar surface area (TPSA) is 32.3 Å². The third-order valence-corrected chi connectivity index (χ3v) is 3.44. The first-order valence-electron chi connectivity index (χ1n) is 5.40. The molecular formula is C12H17BrClNO. The number of benzene rings is 1. The number of halogens is 2. The van der Waals surface area contributed by atoms with E-state index in [0.29, 0.717) is 11.1 Å². The van der Waals surface area contributed by atoms with Crippen molar-refractivity contribution in [3.63, 3.8) is 0 Å². The van der Waals surface area contributed by atoms with E-state index in [9.17, 15) is 5.11 Å². The molecular weight excluding hydrogens is 289 g/mol. The Labute approximate surface area is 110 Å². The molecule has 1 aromatic rings. The second-order valence-electron chi connectivity index (χ2n) is 3.88. The first-order valence-corrected chi connectivity index (χ1v) is 6.57. The van der Waals surface area contributed by atoms with E-state index in [1.807, 2.05) is 18.2 Å². The molecule has 2 atom stereocenters. The smallest absolute Gasteiger partial charge is 0.0627 e. The first kappa shape index (κ1) is 14.0. The second kappa shape index (κ2) is 6.60. The van der Waals surface area contributed by atoms with E-state index in [0.717, 1.165) is 16.5 Å². The maximum atomic E-state index is 9.38. The molecule has 1 rings (SSSR count). The van der Waals surface area contributed by atoms with Crippen LogP contribution in [0.2, 0.25) is 5.02 Å². The lowest BCUT2D eigenvalue weighted by atomic mass is 10.1. The highest BCUT2D eigenvalue weighted by molar-refractivity contribution is 9.10. The summed E-state index contributed by atoms with van der Waals surface area (Å²) in [6.07, 6.45) is 1.02. The second-order valence-corrected chi connectivity index (χ2v) is 5.20. The van der Waals surface area contributed by atoms with Gasteiger partial charge in [0, 0.05) is 15.5 Å². The molecule has 0 radical (unpaired) electrons. The average Bonchev–Trinajstić information content (AvgIpc) is 2.26. The summed E-state index contributed by atoms with van der Waals surface area (Å²) in [4.78, 5) is 0.